The molecule has 0 saturated heterocycles. The number of carbonyl (C=O) groups is 2. The molecule has 4 heterocycles. The van der Waals surface area contributed by atoms with E-state index in [9.17, 15) is 18.0 Å². The van der Waals surface area contributed by atoms with Crippen molar-refractivity contribution in [3.05, 3.63) is 82.1 Å². The molecule has 0 radical (unpaired) electrons. The van der Waals surface area contributed by atoms with Crippen LogP contribution in [0.5, 0.6) is 0 Å². The van der Waals surface area contributed by atoms with Crippen LogP contribution in [0.2, 0.25) is 61.4 Å². The molecule has 2 fully saturated rings. The number of amides is 4. The van der Waals surface area contributed by atoms with Crippen LogP contribution >= 0.6 is 23.2 Å². The SMILES string of the molecule is C[Si](C)(C)CCOCN1C(=O)N(c2ccccc2Cl)Cc2cnc(NC3CCC(N)CC3)nc21.C[Si](C)(C)CCOCN1C(=O)N(c2ccccc2Cl)Cc2cnc(NC3CCC(NS(C)(=O)=O)CC3)nc21. The van der Waals surface area contributed by atoms with E-state index >= 15 is 0 Å². The maximum atomic E-state index is 13.7. The Bertz CT molecular complexity index is 2610. The number of hydrogen-bond donors (Lipinski definition) is 4. The second kappa shape index (κ2) is 24.3. The van der Waals surface area contributed by atoms with Crippen LogP contribution in [-0.2, 0) is 32.6 Å². The van der Waals surface area contributed by atoms with Crippen molar-refractivity contribution >= 4 is 96.3 Å². The molecule has 72 heavy (non-hydrogen) atoms. The number of nitrogens with zero attached hydrogens (tertiary/aromatic N) is 8. The lowest BCUT2D eigenvalue weighted by Gasteiger charge is -2.36. The Morgan fingerprint density at radius 1 is 0.639 bits per heavy atom. The van der Waals surface area contributed by atoms with E-state index in [1.165, 1.54) is 6.26 Å². The Morgan fingerprint density at radius 2 is 1.03 bits per heavy atom. The van der Waals surface area contributed by atoms with Gasteiger partial charge in [0.15, 0.2) is 0 Å². The van der Waals surface area contributed by atoms with Gasteiger partial charge in [-0.2, -0.15) is 9.97 Å². The fraction of sp³-hybridized carbons (Fsp3) is 0.551. The van der Waals surface area contributed by atoms with E-state index in [0.717, 1.165) is 74.6 Å². The van der Waals surface area contributed by atoms with E-state index in [4.69, 9.17) is 48.4 Å². The maximum absolute atomic E-state index is 13.7. The molecule has 4 aromatic rings. The van der Waals surface area contributed by atoms with Gasteiger partial charge in [-0.15, -0.1) is 0 Å². The number of halogens is 2. The van der Waals surface area contributed by atoms with Crippen molar-refractivity contribution in [3.8, 4) is 0 Å². The van der Waals surface area contributed by atoms with Gasteiger partial charge in [-0.25, -0.2) is 32.7 Å². The van der Waals surface area contributed by atoms with E-state index in [2.05, 4.69) is 64.6 Å². The van der Waals surface area contributed by atoms with Gasteiger partial charge in [0.2, 0.25) is 21.9 Å². The molecule has 8 rings (SSSR count). The lowest BCUT2D eigenvalue weighted by molar-refractivity contribution is 0.146. The van der Waals surface area contributed by atoms with Crippen LogP contribution in [0, 0.1) is 0 Å². The smallest absolute Gasteiger partial charge is 0.332 e. The third-order valence-corrected chi connectivity index (χ3v) is 17.9. The number of hydrogen-bond acceptors (Lipinski definition) is 13. The molecule has 0 unspecified atom stereocenters. The minimum absolute atomic E-state index is 0.0512. The largest absolute Gasteiger partial charge is 0.361 e. The highest BCUT2D eigenvalue weighted by molar-refractivity contribution is 7.88. The fourth-order valence-corrected chi connectivity index (χ4v) is 11.7. The number of urea groups is 2. The van der Waals surface area contributed by atoms with Gasteiger partial charge in [0.05, 0.1) is 40.8 Å². The Hall–Kier alpha value is -4.46. The zero-order valence-corrected chi connectivity index (χ0v) is 47.0. The lowest BCUT2D eigenvalue weighted by Crippen LogP contribution is -2.49. The van der Waals surface area contributed by atoms with Gasteiger partial charge in [0, 0.05) is 77.0 Å². The number of aromatic nitrogens is 4. The zero-order valence-electron chi connectivity index (χ0n) is 42.7. The summed E-state index contributed by atoms with van der Waals surface area (Å²) in [7, 11) is -5.76. The molecule has 2 saturated carbocycles. The number of nitrogens with two attached hydrogens (primary N) is 1. The molecule has 18 nitrogen and oxygen atoms in total. The first kappa shape index (κ1) is 55.3. The molecule has 4 amide bonds. The maximum Gasteiger partial charge on any atom is 0.332 e. The predicted molar refractivity (Wildman–Crippen MR) is 295 cm³/mol. The van der Waals surface area contributed by atoms with E-state index < -0.39 is 26.2 Å². The van der Waals surface area contributed by atoms with Crippen LogP contribution in [-0.4, -0.2) is 114 Å². The number of ether oxygens (including phenoxy) is 2. The third kappa shape index (κ3) is 15.5. The molecular formula is C49H72Cl2N12O6SSi2. The van der Waals surface area contributed by atoms with Crippen molar-refractivity contribution in [2.24, 2.45) is 5.73 Å². The van der Waals surface area contributed by atoms with Gasteiger partial charge in [-0.1, -0.05) is 86.7 Å². The van der Waals surface area contributed by atoms with Gasteiger partial charge in [0.25, 0.3) is 0 Å². The highest BCUT2D eigenvalue weighted by Crippen LogP contribution is 2.37. The summed E-state index contributed by atoms with van der Waals surface area (Å²) in [6.07, 6.45) is 11.7. The van der Waals surface area contributed by atoms with Crippen molar-refractivity contribution in [3.63, 3.8) is 0 Å². The average Bonchev–Trinajstić information content (AvgIpc) is 3.31. The molecule has 5 N–H and O–H groups in total. The van der Waals surface area contributed by atoms with Crippen LogP contribution in [0.25, 0.3) is 0 Å². The standard InChI is InChI=1S/C25H37ClN6O4SSi.C24H35ClN6O2Si/c1-37(34,35)30-20-11-9-19(10-12-20)28-24-27-15-18-16-31(22-8-6-5-7-21(22)26)25(33)32(23(18)29-24)17-36-13-14-38(2,3)4;1-34(2,3)13-12-33-16-31-22-17(15-30(24(31)32)21-7-5-4-6-20(21)25)14-27-23(29-22)28-19-10-8-18(26)9-11-19/h5-8,15,19-20,30H,9-14,16-17H2,1-4H3,(H,27,28,29);4-7,14,18-19H,8-13,15-16,26H2,1-3H3,(H,27,28,29). The number of rotatable bonds is 18. The summed E-state index contributed by atoms with van der Waals surface area (Å²) >= 11 is 12.9. The number of anilines is 6. The second-order valence-corrected chi connectivity index (χ2v) is 35.5. The minimum atomic E-state index is -3.22. The summed E-state index contributed by atoms with van der Waals surface area (Å²) in [5, 5.41) is 7.83. The Kier molecular flexibility index (Phi) is 18.6. The number of para-hydroxylation sites is 2. The molecular weight excluding hydrogens is 1010 g/mol. The van der Waals surface area contributed by atoms with E-state index in [1.54, 1.807) is 44.1 Å². The van der Waals surface area contributed by atoms with Crippen LogP contribution in [0.15, 0.2) is 60.9 Å². The zero-order chi connectivity index (χ0) is 51.8. The minimum Gasteiger partial charge on any atom is -0.361 e. The monoisotopic (exact) mass is 1080 g/mol. The first-order chi connectivity index (χ1) is 34.1. The van der Waals surface area contributed by atoms with Gasteiger partial charge in [-0.3, -0.25) is 19.6 Å². The third-order valence-electron chi connectivity index (χ3n) is 13.0. The molecule has 0 spiro atoms. The summed E-state index contributed by atoms with van der Waals surface area (Å²) in [6, 6.07) is 16.8. The van der Waals surface area contributed by atoms with Crippen LogP contribution < -0.4 is 40.7 Å². The highest BCUT2D eigenvalue weighted by atomic mass is 35.5. The first-order valence-corrected chi connectivity index (χ1v) is 35.0. The van der Waals surface area contributed by atoms with Crippen molar-refractivity contribution in [2.75, 3.05) is 63.2 Å². The number of sulfonamides is 1. The van der Waals surface area contributed by atoms with Gasteiger partial charge in [-0.05, 0) is 87.7 Å². The molecule has 2 aromatic carbocycles. The Morgan fingerprint density at radius 3 is 1.42 bits per heavy atom. The van der Waals surface area contributed by atoms with Crippen LogP contribution in [0.4, 0.5) is 44.5 Å². The normalized spacial score (nSPS) is 20.6. The van der Waals surface area contributed by atoms with Gasteiger partial charge in [0.1, 0.15) is 25.1 Å². The van der Waals surface area contributed by atoms with E-state index in [0.29, 0.717) is 77.3 Å². The van der Waals surface area contributed by atoms with E-state index in [-0.39, 0.29) is 43.6 Å². The summed E-state index contributed by atoms with van der Waals surface area (Å²) in [5.41, 5.74) is 8.97. The summed E-state index contributed by atoms with van der Waals surface area (Å²) in [4.78, 5) is 52.3. The van der Waals surface area contributed by atoms with Gasteiger partial charge < -0.3 is 25.8 Å². The molecule has 4 aliphatic rings. The summed E-state index contributed by atoms with van der Waals surface area (Å²) in [6.45, 7) is 15.8. The number of fused-ring (bicyclic) bond motifs is 2. The van der Waals surface area contributed by atoms with Crippen molar-refractivity contribution in [1.82, 2.24) is 24.7 Å². The fourth-order valence-electron chi connectivity index (χ4n) is 8.88. The van der Waals surface area contributed by atoms with Crippen molar-refractivity contribution in [2.45, 2.75) is 140 Å². The second-order valence-electron chi connectivity index (χ2n) is 21.6. The lowest BCUT2D eigenvalue weighted by atomic mass is 9.92. The number of benzene rings is 2. The molecule has 2 aliphatic carbocycles. The quantitative estimate of drug-likeness (QED) is 0.0540. The number of carbonyl (C=O) groups excluding carboxylic acids is 2. The molecule has 23 heteroatoms. The van der Waals surface area contributed by atoms with Crippen molar-refractivity contribution in [1.29, 1.82) is 0 Å². The van der Waals surface area contributed by atoms with Crippen molar-refractivity contribution < 1.29 is 27.5 Å². The highest BCUT2D eigenvalue weighted by Gasteiger charge is 2.37. The first-order valence-electron chi connectivity index (χ1n) is 24.9. The summed E-state index contributed by atoms with van der Waals surface area (Å²) < 4.78 is 37.7. The number of nitrogens with one attached hydrogen (secondary N) is 3. The van der Waals surface area contributed by atoms with E-state index in [1.807, 2.05) is 36.4 Å². The van der Waals surface area contributed by atoms with Crippen LogP contribution in [0.3, 0.4) is 0 Å². The molecule has 2 aromatic heterocycles. The summed E-state index contributed by atoms with van der Waals surface area (Å²) in [5.74, 6) is 2.09. The molecule has 0 bridgehead atoms. The molecule has 392 valence electrons. The topological polar surface area (TPSA) is 213 Å². The van der Waals surface area contributed by atoms with Crippen LogP contribution in [0.1, 0.15) is 62.5 Å². The Balaban J connectivity index is 0.000000213. The molecule has 2 aliphatic heterocycles. The van der Waals surface area contributed by atoms with Gasteiger partial charge >= 0.3 is 12.1 Å². The molecule has 0 atom stereocenters. The Labute approximate surface area is 437 Å². The predicted octanol–water partition coefficient (Wildman–Crippen LogP) is 9.73. The average molecular weight is 1080 g/mol.